The van der Waals surface area contributed by atoms with E-state index in [-0.39, 0.29) is 48.7 Å². The van der Waals surface area contributed by atoms with Crippen LogP contribution in [0.1, 0.15) is 75.9 Å². The molecule has 2 aromatic heterocycles. The molecule has 4 aliphatic rings. The van der Waals surface area contributed by atoms with Gasteiger partial charge in [-0.2, -0.15) is 37.0 Å². The molecule has 0 spiro atoms. The molecule has 52 heavy (non-hydrogen) atoms. The van der Waals surface area contributed by atoms with Crippen LogP contribution in [0.3, 0.4) is 0 Å². The second-order valence-corrected chi connectivity index (χ2v) is 14.7. The molecule has 1 amide bonds. The van der Waals surface area contributed by atoms with E-state index >= 15 is 0 Å². The Bertz CT molecular complexity index is 1920. The first kappa shape index (κ1) is 36.3. The van der Waals surface area contributed by atoms with E-state index < -0.39 is 34.5 Å². The molecular weight excluding hydrogens is 711 g/mol. The number of hydrogen-bond donors (Lipinski definition) is 1. The molecule has 6 heterocycles. The maximum atomic E-state index is 14.3. The van der Waals surface area contributed by atoms with Gasteiger partial charge < -0.3 is 25.0 Å². The van der Waals surface area contributed by atoms with Gasteiger partial charge in [0.2, 0.25) is 0 Å². The largest absolute Gasteiger partial charge is 0.461 e. The number of carbonyl (C=O) groups is 1. The van der Waals surface area contributed by atoms with Crippen LogP contribution in [0.4, 0.5) is 33.5 Å². The van der Waals surface area contributed by atoms with E-state index in [1.807, 2.05) is 16.5 Å². The number of benzene rings is 1. The van der Waals surface area contributed by atoms with Gasteiger partial charge >= 0.3 is 12.2 Å². The van der Waals surface area contributed by atoms with Crippen LogP contribution >= 0.6 is 11.6 Å². The lowest BCUT2D eigenvalue weighted by atomic mass is 9.91. The molecule has 2 N–H and O–H groups in total. The minimum absolute atomic E-state index is 0.0332. The fraction of sp³-hybridized carbons (Fsp3) is 0.543. The van der Waals surface area contributed by atoms with Crippen molar-refractivity contribution >= 4 is 29.0 Å². The minimum atomic E-state index is -4.76. The molecule has 0 radical (unpaired) electrons. The molecule has 0 saturated carbocycles. The van der Waals surface area contributed by atoms with Crippen molar-refractivity contribution in [2.45, 2.75) is 76.5 Å². The highest BCUT2D eigenvalue weighted by Crippen LogP contribution is 2.46. The highest BCUT2D eigenvalue weighted by molar-refractivity contribution is 6.31. The predicted molar refractivity (Wildman–Crippen MR) is 182 cm³/mol. The smallest absolute Gasteiger partial charge is 0.418 e. The Morgan fingerprint density at radius 3 is 2.71 bits per heavy atom. The Balaban J connectivity index is 1.26. The van der Waals surface area contributed by atoms with Crippen LogP contribution in [0.2, 0.25) is 5.02 Å². The first-order chi connectivity index (χ1) is 24.6. The van der Waals surface area contributed by atoms with Crippen molar-refractivity contribution in [3.05, 3.63) is 68.6 Å². The summed E-state index contributed by atoms with van der Waals surface area (Å²) in [5, 5.41) is 4.10. The molecule has 3 aromatic rings. The van der Waals surface area contributed by atoms with Gasteiger partial charge in [-0.15, -0.1) is 0 Å². The quantitative estimate of drug-likeness (QED) is 0.224. The van der Waals surface area contributed by atoms with Crippen molar-refractivity contribution in [2.75, 3.05) is 51.0 Å². The van der Waals surface area contributed by atoms with Gasteiger partial charge in [-0.25, -0.2) is 0 Å². The molecule has 280 valence electrons. The van der Waals surface area contributed by atoms with Gasteiger partial charge in [-0.05, 0) is 68.8 Å². The topological polar surface area (TPSA) is 115 Å². The zero-order valence-electron chi connectivity index (χ0n) is 29.1. The van der Waals surface area contributed by atoms with E-state index in [9.17, 15) is 26.7 Å². The van der Waals surface area contributed by atoms with Gasteiger partial charge in [0, 0.05) is 57.0 Å². The first-order valence-corrected chi connectivity index (χ1v) is 17.6. The summed E-state index contributed by atoms with van der Waals surface area (Å²) in [6.45, 7) is 4.64. The summed E-state index contributed by atoms with van der Waals surface area (Å²) in [5.74, 6) is -0.0188. The number of nitrogens with two attached hydrogens (primary N) is 1. The summed E-state index contributed by atoms with van der Waals surface area (Å²) in [6, 6.07) is 2.33. The average molecular weight is 751 g/mol. The number of rotatable bonds is 7. The molecule has 2 fully saturated rings. The average Bonchev–Trinajstić information content (AvgIpc) is 3.64. The Morgan fingerprint density at radius 2 is 1.98 bits per heavy atom. The number of amides is 1. The van der Waals surface area contributed by atoms with Crippen LogP contribution in [0.5, 0.6) is 6.01 Å². The van der Waals surface area contributed by atoms with E-state index in [1.54, 1.807) is 14.1 Å². The van der Waals surface area contributed by atoms with Gasteiger partial charge in [-0.3, -0.25) is 14.4 Å². The van der Waals surface area contributed by atoms with Crippen LogP contribution in [-0.4, -0.2) is 81.3 Å². The van der Waals surface area contributed by atoms with Crippen molar-refractivity contribution in [1.29, 1.82) is 0 Å². The Labute approximate surface area is 302 Å². The lowest BCUT2D eigenvalue weighted by Gasteiger charge is -2.33. The lowest BCUT2D eigenvalue weighted by Crippen LogP contribution is -2.43. The molecular formula is C35H40ClF5N8O3. The molecule has 0 bridgehead atoms. The predicted octanol–water partition coefficient (Wildman–Crippen LogP) is 6.18. The SMILES string of the molecule is Cc1c(C(=O)N(C)C)nn2c1CN(c1nc(OC[C@]34CCCN3C[C@@H](C=C(F)F)C4)nc3c1CO[C@@H](c1cc(N)cc(Cl)c1C(F)(F)F)C3)CCC2. The number of alkyl halides is 3. The van der Waals surface area contributed by atoms with E-state index in [0.717, 1.165) is 42.8 Å². The third kappa shape index (κ3) is 6.80. The third-order valence-corrected chi connectivity index (χ3v) is 11.0. The summed E-state index contributed by atoms with van der Waals surface area (Å²) in [7, 11) is 3.34. The van der Waals surface area contributed by atoms with Gasteiger partial charge in [0.1, 0.15) is 12.4 Å². The molecule has 11 nitrogen and oxygen atoms in total. The summed E-state index contributed by atoms with van der Waals surface area (Å²) < 4.78 is 83.6. The molecule has 3 atom stereocenters. The van der Waals surface area contributed by atoms with Gasteiger partial charge in [-0.1, -0.05) is 11.6 Å². The fourth-order valence-corrected chi connectivity index (χ4v) is 8.60. The number of halogens is 6. The summed E-state index contributed by atoms with van der Waals surface area (Å²) >= 11 is 6.10. The maximum absolute atomic E-state index is 14.3. The number of anilines is 2. The highest BCUT2D eigenvalue weighted by atomic mass is 35.5. The van der Waals surface area contributed by atoms with E-state index in [1.165, 1.54) is 11.0 Å². The van der Waals surface area contributed by atoms with Gasteiger partial charge in [0.05, 0.1) is 46.8 Å². The van der Waals surface area contributed by atoms with Crippen LogP contribution in [0.25, 0.3) is 0 Å². The minimum Gasteiger partial charge on any atom is -0.461 e. The molecule has 4 aliphatic heterocycles. The zero-order valence-corrected chi connectivity index (χ0v) is 29.8. The molecule has 7 rings (SSSR count). The number of carbonyl (C=O) groups excluding carboxylic acids is 1. The van der Waals surface area contributed by atoms with Crippen LogP contribution < -0.4 is 15.4 Å². The van der Waals surface area contributed by atoms with Crippen molar-refractivity contribution < 1.29 is 36.2 Å². The highest BCUT2D eigenvalue weighted by Gasteiger charge is 2.49. The number of aryl methyl sites for hydroxylation is 1. The maximum Gasteiger partial charge on any atom is 0.418 e. The number of aromatic nitrogens is 4. The van der Waals surface area contributed by atoms with Crippen LogP contribution in [0.15, 0.2) is 24.3 Å². The molecule has 2 saturated heterocycles. The fourth-order valence-electron chi connectivity index (χ4n) is 8.25. The number of hydrogen-bond acceptors (Lipinski definition) is 9. The summed E-state index contributed by atoms with van der Waals surface area (Å²) in [4.78, 5) is 28.2. The van der Waals surface area contributed by atoms with E-state index in [2.05, 4.69) is 10.00 Å². The standard InChI is InChI=1S/C35H40ClF5N8O3/c1-19-26-16-47(7-5-9-49(26)45-30(19)32(50)46(2)3)31-23-17-51-27(22-11-21(42)12-24(36)29(22)35(39,40)41)13-25(23)43-33(44-31)52-18-34-6-4-8-48(34)15-20(14-34)10-28(37)38/h10-12,20,27H,4-9,13-18,42H2,1-3H3/t20-,27+,34+/m0/s1. The Hall–Kier alpha value is -4.02. The van der Waals surface area contributed by atoms with Crippen molar-refractivity contribution in [3.8, 4) is 6.01 Å². The molecule has 1 aromatic carbocycles. The number of fused-ring (bicyclic) bond motifs is 3. The summed E-state index contributed by atoms with van der Waals surface area (Å²) in [5.41, 5.74) is 7.35. The van der Waals surface area contributed by atoms with Gasteiger partial charge in [0.15, 0.2) is 5.69 Å². The third-order valence-electron chi connectivity index (χ3n) is 10.7. The molecule has 0 aliphatic carbocycles. The number of nitrogens with zero attached hydrogens (tertiary/aromatic N) is 7. The van der Waals surface area contributed by atoms with Crippen LogP contribution in [-0.2, 0) is 37.0 Å². The monoisotopic (exact) mass is 750 g/mol. The van der Waals surface area contributed by atoms with E-state index in [0.29, 0.717) is 61.8 Å². The van der Waals surface area contributed by atoms with E-state index in [4.69, 9.17) is 36.8 Å². The number of nitrogen functional groups attached to an aromatic ring is 1. The lowest BCUT2D eigenvalue weighted by molar-refractivity contribution is -0.139. The van der Waals surface area contributed by atoms with Crippen molar-refractivity contribution in [1.82, 2.24) is 29.5 Å². The second-order valence-electron chi connectivity index (χ2n) is 14.3. The summed E-state index contributed by atoms with van der Waals surface area (Å²) in [6.07, 6.45) is -3.75. The van der Waals surface area contributed by atoms with Crippen LogP contribution in [0, 0.1) is 12.8 Å². The molecule has 0 unspecified atom stereocenters. The Kier molecular flexibility index (Phi) is 9.61. The number of ether oxygens (including phenoxy) is 2. The van der Waals surface area contributed by atoms with Gasteiger partial charge in [0.25, 0.3) is 12.0 Å². The van der Waals surface area contributed by atoms with Crippen molar-refractivity contribution in [3.63, 3.8) is 0 Å². The normalized spacial score (nSPS) is 23.1. The first-order valence-electron chi connectivity index (χ1n) is 17.2. The van der Waals surface area contributed by atoms with Crippen molar-refractivity contribution in [2.24, 2.45) is 5.92 Å². The molecule has 17 heteroatoms. The second kappa shape index (κ2) is 13.8. The zero-order chi connectivity index (χ0) is 37.1. The Morgan fingerprint density at radius 1 is 1.19 bits per heavy atom.